The van der Waals surface area contributed by atoms with E-state index in [0.29, 0.717) is 13.1 Å². The van der Waals surface area contributed by atoms with E-state index < -0.39 is 40.6 Å². The van der Waals surface area contributed by atoms with Gasteiger partial charge in [0.05, 0.1) is 17.1 Å². The average molecular weight is 513 g/mol. The van der Waals surface area contributed by atoms with Crippen LogP contribution in [0.2, 0.25) is 0 Å². The molecule has 0 radical (unpaired) electrons. The maximum Gasteiger partial charge on any atom is 0.414 e. The van der Waals surface area contributed by atoms with Crippen LogP contribution < -0.4 is 9.80 Å². The molecule has 7 nitrogen and oxygen atoms in total. The zero-order valence-electron chi connectivity index (χ0n) is 18.7. The van der Waals surface area contributed by atoms with Crippen LogP contribution in [0.4, 0.5) is 25.0 Å². The van der Waals surface area contributed by atoms with Gasteiger partial charge in [0.1, 0.15) is 18.4 Å². The number of amides is 1. The molecule has 1 unspecified atom stereocenters. The second-order valence-corrected chi connectivity index (χ2v) is 11.1. The number of rotatable bonds is 6. The Labute approximate surface area is 202 Å². The zero-order valence-corrected chi connectivity index (χ0v) is 20.3. The summed E-state index contributed by atoms with van der Waals surface area (Å²) < 4.78 is 64.9. The predicted octanol–water partition coefficient (Wildman–Crippen LogP) is 4.34. The highest BCUT2D eigenvalue weighted by Gasteiger charge is 2.35. The fourth-order valence-corrected chi connectivity index (χ4v) is 5.73. The van der Waals surface area contributed by atoms with Crippen LogP contribution in [0.1, 0.15) is 18.4 Å². The van der Waals surface area contributed by atoms with Gasteiger partial charge in [-0.2, -0.15) is 20.2 Å². The molecule has 0 aromatic heterocycles. The summed E-state index contributed by atoms with van der Waals surface area (Å²) in [6.45, 7) is 2.44. The van der Waals surface area contributed by atoms with E-state index in [1.165, 1.54) is 12.1 Å². The lowest BCUT2D eigenvalue weighted by Crippen LogP contribution is -2.30. The molecule has 1 atom stereocenters. The fraction of sp³-hybridized carbons (Fsp3) is 0.435. The minimum Gasteiger partial charge on any atom is -0.441 e. The standard InChI is InChI=1S/C23H26F2N2O5S2/c1-16-4-6-19(7-5-16)34(29,30)31-15-18-14-27(23(28)32-18)17-12-20(24)22(21(25)13-17)26-8-2-10-33-11-3-9-26/h4-7,12-13,18H,2-3,8-11,14-15H2,1H3. The highest BCUT2D eigenvalue weighted by Crippen LogP contribution is 2.32. The number of halogens is 2. The molecule has 2 saturated heterocycles. The van der Waals surface area contributed by atoms with Gasteiger partial charge in [-0.05, 0) is 43.4 Å². The second kappa shape index (κ2) is 10.5. The monoisotopic (exact) mass is 512 g/mol. The lowest BCUT2D eigenvalue weighted by molar-refractivity contribution is 0.107. The van der Waals surface area contributed by atoms with Crippen LogP contribution in [0.3, 0.4) is 0 Å². The zero-order chi connectivity index (χ0) is 24.3. The van der Waals surface area contributed by atoms with E-state index in [9.17, 15) is 22.0 Å². The van der Waals surface area contributed by atoms with Crippen LogP contribution >= 0.6 is 11.8 Å². The van der Waals surface area contributed by atoms with E-state index in [1.807, 2.05) is 18.7 Å². The number of hydrogen-bond acceptors (Lipinski definition) is 7. The number of ether oxygens (including phenoxy) is 1. The van der Waals surface area contributed by atoms with Crippen LogP contribution in [0.5, 0.6) is 0 Å². The van der Waals surface area contributed by atoms with Gasteiger partial charge in [-0.25, -0.2) is 13.6 Å². The average Bonchev–Trinajstić information content (AvgIpc) is 3.14. The summed E-state index contributed by atoms with van der Waals surface area (Å²) in [5, 5.41) is 0. The number of thioether (sulfide) groups is 1. The van der Waals surface area contributed by atoms with Crippen LogP contribution in [-0.2, 0) is 19.0 Å². The van der Waals surface area contributed by atoms with Crippen molar-refractivity contribution in [3.8, 4) is 0 Å². The molecular weight excluding hydrogens is 486 g/mol. The fourth-order valence-electron chi connectivity index (χ4n) is 3.92. The highest BCUT2D eigenvalue weighted by atomic mass is 32.2. The highest BCUT2D eigenvalue weighted by molar-refractivity contribution is 7.99. The Morgan fingerprint density at radius 2 is 1.71 bits per heavy atom. The molecule has 2 aromatic carbocycles. The molecule has 2 aliphatic rings. The summed E-state index contributed by atoms with van der Waals surface area (Å²) in [6, 6.07) is 8.36. The molecule has 0 spiro atoms. The van der Waals surface area contributed by atoms with E-state index in [2.05, 4.69) is 0 Å². The van der Waals surface area contributed by atoms with Crippen LogP contribution in [0.25, 0.3) is 0 Å². The van der Waals surface area contributed by atoms with E-state index in [1.54, 1.807) is 17.0 Å². The van der Waals surface area contributed by atoms with E-state index >= 15 is 0 Å². The first-order valence-corrected chi connectivity index (χ1v) is 13.6. The van der Waals surface area contributed by atoms with Crippen LogP contribution in [0, 0.1) is 18.6 Å². The third-order valence-corrected chi connectivity index (χ3v) is 8.11. The molecule has 2 aliphatic heterocycles. The van der Waals surface area contributed by atoms with E-state index in [4.69, 9.17) is 8.92 Å². The van der Waals surface area contributed by atoms with Crippen molar-refractivity contribution >= 4 is 39.3 Å². The molecule has 34 heavy (non-hydrogen) atoms. The van der Waals surface area contributed by atoms with Gasteiger partial charge in [0.2, 0.25) is 0 Å². The predicted molar refractivity (Wildman–Crippen MR) is 127 cm³/mol. The third-order valence-electron chi connectivity index (χ3n) is 5.66. The number of cyclic esters (lactones) is 1. The Hall–Kier alpha value is -2.37. The Balaban J connectivity index is 1.43. The summed E-state index contributed by atoms with van der Waals surface area (Å²) in [6.07, 6.45) is -0.0741. The van der Waals surface area contributed by atoms with Gasteiger partial charge in [0, 0.05) is 25.2 Å². The molecule has 2 heterocycles. The number of aryl methyl sites for hydroxylation is 1. The van der Waals surface area contributed by atoms with Gasteiger partial charge in [0.15, 0.2) is 11.6 Å². The second-order valence-electron chi connectivity index (χ2n) is 8.23. The summed E-state index contributed by atoms with van der Waals surface area (Å²) in [7, 11) is -4.04. The van der Waals surface area contributed by atoms with Crippen molar-refractivity contribution in [3.63, 3.8) is 0 Å². The van der Waals surface area contributed by atoms with Crippen LogP contribution in [0.15, 0.2) is 41.3 Å². The van der Waals surface area contributed by atoms with Gasteiger partial charge in [-0.1, -0.05) is 17.7 Å². The molecule has 0 bridgehead atoms. The molecule has 184 valence electrons. The van der Waals surface area contributed by atoms with Crippen molar-refractivity contribution in [1.29, 1.82) is 0 Å². The molecule has 4 rings (SSSR count). The van der Waals surface area contributed by atoms with Crippen LogP contribution in [-0.4, -0.2) is 58.4 Å². The first-order valence-electron chi connectivity index (χ1n) is 11.0. The summed E-state index contributed by atoms with van der Waals surface area (Å²) >= 11 is 1.84. The molecule has 0 aliphatic carbocycles. The minimum absolute atomic E-state index is 0.00948. The van der Waals surface area contributed by atoms with Gasteiger partial charge in [0.25, 0.3) is 10.1 Å². The maximum atomic E-state index is 15.0. The molecule has 0 N–H and O–H groups in total. The van der Waals surface area contributed by atoms with Gasteiger partial charge >= 0.3 is 6.09 Å². The number of nitrogens with zero attached hydrogens (tertiary/aromatic N) is 2. The van der Waals surface area contributed by atoms with Crippen molar-refractivity contribution in [1.82, 2.24) is 0 Å². The number of anilines is 2. The van der Waals surface area contributed by atoms with Gasteiger partial charge in [-0.3, -0.25) is 9.08 Å². The first kappa shape index (κ1) is 24.7. The smallest absolute Gasteiger partial charge is 0.414 e. The number of carbonyl (C=O) groups is 1. The molecule has 0 saturated carbocycles. The lowest BCUT2D eigenvalue weighted by Gasteiger charge is -2.28. The first-order chi connectivity index (χ1) is 16.2. The van der Waals surface area contributed by atoms with E-state index in [0.717, 1.165) is 46.9 Å². The number of carbonyl (C=O) groups excluding carboxylic acids is 1. The topological polar surface area (TPSA) is 76.2 Å². The largest absolute Gasteiger partial charge is 0.441 e. The SMILES string of the molecule is Cc1ccc(S(=O)(=O)OCC2CN(c3cc(F)c(N4CCCSCCC4)c(F)c3)C(=O)O2)cc1. The quantitative estimate of drug-likeness (QED) is 0.533. The number of benzene rings is 2. The Morgan fingerprint density at radius 3 is 2.32 bits per heavy atom. The third kappa shape index (κ3) is 5.64. The lowest BCUT2D eigenvalue weighted by atomic mass is 10.2. The molecule has 11 heteroatoms. The Morgan fingerprint density at radius 1 is 1.09 bits per heavy atom. The Bertz CT molecular complexity index is 1110. The van der Waals surface area contributed by atoms with Crippen molar-refractivity contribution < 1.29 is 30.9 Å². The summed E-state index contributed by atoms with van der Waals surface area (Å²) in [5.41, 5.74) is 0.817. The van der Waals surface area contributed by atoms with E-state index in [-0.39, 0.29) is 22.8 Å². The molecular formula is C23H26F2N2O5S2. The Kier molecular flexibility index (Phi) is 7.63. The summed E-state index contributed by atoms with van der Waals surface area (Å²) in [4.78, 5) is 15.1. The van der Waals surface area contributed by atoms with Crippen molar-refractivity contribution in [2.24, 2.45) is 0 Å². The minimum atomic E-state index is -4.04. The summed E-state index contributed by atoms with van der Waals surface area (Å²) in [5.74, 6) is 0.386. The van der Waals surface area contributed by atoms with Crippen molar-refractivity contribution in [2.45, 2.75) is 30.8 Å². The number of hydrogen-bond donors (Lipinski definition) is 0. The van der Waals surface area contributed by atoms with Crippen molar-refractivity contribution in [2.75, 3.05) is 47.5 Å². The van der Waals surface area contributed by atoms with Gasteiger partial charge < -0.3 is 9.64 Å². The molecule has 2 fully saturated rings. The molecule has 1 amide bonds. The normalized spacial score (nSPS) is 19.6. The molecule has 2 aromatic rings. The van der Waals surface area contributed by atoms with Gasteiger partial charge in [-0.15, -0.1) is 0 Å². The van der Waals surface area contributed by atoms with Crippen molar-refractivity contribution in [3.05, 3.63) is 53.6 Å². The maximum absolute atomic E-state index is 15.0.